The van der Waals surface area contributed by atoms with Crippen LogP contribution < -0.4 is 10.5 Å². The van der Waals surface area contributed by atoms with Gasteiger partial charge in [-0.2, -0.15) is 0 Å². The average Bonchev–Trinajstić information content (AvgIpc) is 2.77. The summed E-state index contributed by atoms with van der Waals surface area (Å²) in [4.78, 5) is 13.7. The maximum atomic E-state index is 11.8. The van der Waals surface area contributed by atoms with Gasteiger partial charge in [-0.3, -0.25) is 4.98 Å². The lowest BCUT2D eigenvalue weighted by Gasteiger charge is -2.20. The molecule has 7 nitrogen and oxygen atoms in total. The fourth-order valence-corrected chi connectivity index (χ4v) is 3.87. The zero-order valence-corrected chi connectivity index (χ0v) is 17.2. The van der Waals surface area contributed by atoms with E-state index in [0.29, 0.717) is 18.1 Å². The van der Waals surface area contributed by atoms with Crippen LogP contribution in [0.3, 0.4) is 0 Å². The van der Waals surface area contributed by atoms with E-state index in [4.69, 9.17) is 10.1 Å². The Morgan fingerprint density at radius 1 is 1.03 bits per heavy atom. The number of nitrogens with one attached hydrogen (secondary N) is 1. The summed E-state index contributed by atoms with van der Waals surface area (Å²) in [5.41, 5.74) is 2.44. The third-order valence-electron chi connectivity index (χ3n) is 4.83. The minimum absolute atomic E-state index is 0.0869. The molecular weight excluding hydrogens is 398 g/mol. The number of pyridine rings is 1. The normalized spacial score (nSPS) is 12.6. The molecule has 1 unspecified atom stereocenters. The highest BCUT2D eigenvalue weighted by molar-refractivity contribution is 7.89. The molecule has 4 aromatic rings. The molecule has 3 N–H and O–H groups in total. The summed E-state index contributed by atoms with van der Waals surface area (Å²) in [6.45, 7) is 2.02. The summed E-state index contributed by atoms with van der Waals surface area (Å²) < 4.78 is 23.5. The highest BCUT2D eigenvalue weighted by atomic mass is 32.2. The number of hydrogen-bond donors (Lipinski definition) is 2. The van der Waals surface area contributed by atoms with Gasteiger partial charge in [-0.1, -0.05) is 31.2 Å². The zero-order chi connectivity index (χ0) is 21.1. The molecule has 0 bridgehead atoms. The lowest BCUT2D eigenvalue weighted by molar-refractivity contribution is 0.597. The van der Waals surface area contributed by atoms with Crippen LogP contribution in [0.4, 0.5) is 5.82 Å². The number of aromatic nitrogens is 3. The molecule has 0 aliphatic carbocycles. The number of benzene rings is 2. The molecule has 0 amide bonds. The van der Waals surface area contributed by atoms with Crippen LogP contribution in [0, 0.1) is 0 Å². The summed E-state index contributed by atoms with van der Waals surface area (Å²) in [6, 6.07) is 18.0. The van der Waals surface area contributed by atoms with E-state index in [1.165, 1.54) is 6.07 Å². The van der Waals surface area contributed by atoms with Crippen molar-refractivity contribution in [3.63, 3.8) is 0 Å². The van der Waals surface area contributed by atoms with E-state index in [9.17, 15) is 8.42 Å². The van der Waals surface area contributed by atoms with Crippen LogP contribution in [-0.2, 0) is 10.0 Å². The topological polar surface area (TPSA) is 111 Å². The van der Waals surface area contributed by atoms with Crippen LogP contribution in [0.15, 0.2) is 78.0 Å². The van der Waals surface area contributed by atoms with Gasteiger partial charge in [0.05, 0.1) is 16.5 Å². The van der Waals surface area contributed by atoms with E-state index >= 15 is 0 Å². The Kier molecular flexibility index (Phi) is 5.43. The minimum atomic E-state index is -3.78. The number of rotatable bonds is 6. The SMILES string of the molecule is CCC(Nc1nc(-c2cccnc2)nc2ccccc12)c1cccc(S(N)(=O)=O)c1. The Morgan fingerprint density at radius 3 is 2.60 bits per heavy atom. The molecule has 4 rings (SSSR count). The van der Waals surface area contributed by atoms with Gasteiger partial charge in [0.1, 0.15) is 5.82 Å². The van der Waals surface area contributed by atoms with Crippen LogP contribution in [0.25, 0.3) is 22.3 Å². The second-order valence-corrected chi connectivity index (χ2v) is 8.44. The number of hydrogen-bond acceptors (Lipinski definition) is 6. The van der Waals surface area contributed by atoms with Crippen LogP contribution in [0.5, 0.6) is 0 Å². The fraction of sp³-hybridized carbons (Fsp3) is 0.136. The smallest absolute Gasteiger partial charge is 0.238 e. The molecule has 0 aliphatic rings. The molecular formula is C22H21N5O2S. The molecule has 1 atom stereocenters. The van der Waals surface area contributed by atoms with Gasteiger partial charge in [-0.25, -0.2) is 23.5 Å². The van der Waals surface area contributed by atoms with E-state index in [0.717, 1.165) is 22.0 Å². The van der Waals surface area contributed by atoms with Crippen LogP contribution >= 0.6 is 0 Å². The number of sulfonamides is 1. The molecule has 0 saturated heterocycles. The van der Waals surface area contributed by atoms with Gasteiger partial charge in [0, 0.05) is 23.3 Å². The van der Waals surface area contributed by atoms with Crippen molar-refractivity contribution in [3.8, 4) is 11.4 Å². The lowest BCUT2D eigenvalue weighted by Crippen LogP contribution is -2.15. The largest absolute Gasteiger partial charge is 0.363 e. The molecule has 2 aromatic carbocycles. The molecule has 30 heavy (non-hydrogen) atoms. The molecule has 0 fully saturated rings. The van der Waals surface area contributed by atoms with Gasteiger partial charge in [0.25, 0.3) is 0 Å². The molecule has 0 radical (unpaired) electrons. The molecule has 0 aliphatic heterocycles. The molecule has 2 heterocycles. The lowest BCUT2D eigenvalue weighted by atomic mass is 10.0. The van der Waals surface area contributed by atoms with E-state index in [1.807, 2.05) is 49.4 Å². The van der Waals surface area contributed by atoms with Gasteiger partial charge in [0.2, 0.25) is 10.0 Å². The third-order valence-corrected chi connectivity index (χ3v) is 5.74. The standard InChI is InChI=1S/C22H21N5O2S/c1-2-19(15-7-5-9-17(13-15)30(23,28)29)25-22-18-10-3-4-11-20(18)26-21(27-22)16-8-6-12-24-14-16/h3-14,19H,2H2,1H3,(H2,23,28,29)(H,25,26,27). The van der Waals surface area contributed by atoms with Gasteiger partial charge in [0.15, 0.2) is 5.82 Å². The third kappa shape index (κ3) is 4.14. The van der Waals surface area contributed by atoms with E-state index in [-0.39, 0.29) is 10.9 Å². The first-order chi connectivity index (χ1) is 14.5. The second kappa shape index (κ2) is 8.17. The van der Waals surface area contributed by atoms with Gasteiger partial charge >= 0.3 is 0 Å². The van der Waals surface area contributed by atoms with Crippen molar-refractivity contribution in [2.75, 3.05) is 5.32 Å². The van der Waals surface area contributed by atoms with Gasteiger partial charge < -0.3 is 5.32 Å². The van der Waals surface area contributed by atoms with Crippen LogP contribution in [0.1, 0.15) is 24.9 Å². The first-order valence-corrected chi connectivity index (χ1v) is 11.1. The van der Waals surface area contributed by atoms with Crippen LogP contribution in [-0.4, -0.2) is 23.4 Å². The Bertz CT molecular complexity index is 1290. The zero-order valence-electron chi connectivity index (χ0n) is 16.4. The monoisotopic (exact) mass is 419 g/mol. The molecule has 0 saturated carbocycles. The summed E-state index contributed by atoms with van der Waals surface area (Å²) in [5.74, 6) is 1.24. The van der Waals surface area contributed by atoms with Crippen molar-refractivity contribution >= 4 is 26.7 Å². The van der Waals surface area contributed by atoms with E-state index < -0.39 is 10.0 Å². The van der Waals surface area contributed by atoms with Crippen molar-refractivity contribution in [2.45, 2.75) is 24.3 Å². The average molecular weight is 420 g/mol. The van der Waals surface area contributed by atoms with Crippen molar-refractivity contribution in [1.29, 1.82) is 0 Å². The van der Waals surface area contributed by atoms with Crippen molar-refractivity contribution in [3.05, 3.63) is 78.6 Å². The molecule has 0 spiro atoms. The number of anilines is 1. The van der Waals surface area contributed by atoms with Gasteiger partial charge in [-0.15, -0.1) is 0 Å². The number of para-hydroxylation sites is 1. The van der Waals surface area contributed by atoms with Crippen molar-refractivity contribution < 1.29 is 8.42 Å². The Labute approximate surface area is 175 Å². The molecule has 8 heteroatoms. The maximum absolute atomic E-state index is 11.8. The second-order valence-electron chi connectivity index (χ2n) is 6.88. The Morgan fingerprint density at radius 2 is 1.87 bits per heavy atom. The van der Waals surface area contributed by atoms with Gasteiger partial charge in [-0.05, 0) is 48.4 Å². The summed E-state index contributed by atoms with van der Waals surface area (Å²) in [5, 5.41) is 9.65. The number of primary sulfonamides is 1. The maximum Gasteiger partial charge on any atom is 0.238 e. The number of nitrogens with zero attached hydrogens (tertiary/aromatic N) is 3. The number of nitrogens with two attached hydrogens (primary N) is 1. The fourth-order valence-electron chi connectivity index (χ4n) is 3.31. The minimum Gasteiger partial charge on any atom is -0.363 e. The van der Waals surface area contributed by atoms with Crippen molar-refractivity contribution in [1.82, 2.24) is 15.0 Å². The number of fused-ring (bicyclic) bond motifs is 1. The van der Waals surface area contributed by atoms with Crippen LogP contribution in [0.2, 0.25) is 0 Å². The molecule has 2 aromatic heterocycles. The summed E-state index contributed by atoms with van der Waals surface area (Å²) >= 11 is 0. The summed E-state index contributed by atoms with van der Waals surface area (Å²) in [6.07, 6.45) is 4.14. The summed E-state index contributed by atoms with van der Waals surface area (Å²) in [7, 11) is -3.78. The first-order valence-electron chi connectivity index (χ1n) is 9.52. The Balaban J connectivity index is 1.79. The predicted molar refractivity (Wildman–Crippen MR) is 117 cm³/mol. The highest BCUT2D eigenvalue weighted by Crippen LogP contribution is 2.29. The Hall–Kier alpha value is -3.36. The van der Waals surface area contributed by atoms with Crippen molar-refractivity contribution in [2.24, 2.45) is 5.14 Å². The highest BCUT2D eigenvalue weighted by Gasteiger charge is 2.17. The molecule has 152 valence electrons. The van der Waals surface area contributed by atoms with E-state index in [1.54, 1.807) is 24.5 Å². The predicted octanol–water partition coefficient (Wildman–Crippen LogP) is 3.90. The van der Waals surface area contributed by atoms with E-state index in [2.05, 4.69) is 15.3 Å². The quantitative estimate of drug-likeness (QED) is 0.490. The first kappa shape index (κ1) is 19.9.